The third-order valence-corrected chi connectivity index (χ3v) is 5.88. The first kappa shape index (κ1) is 23.5. The first-order valence-electron chi connectivity index (χ1n) is 11.5. The molecular formula is C30H22N2O5. The maximum atomic E-state index is 12.7. The zero-order valence-corrected chi connectivity index (χ0v) is 19.9. The average molecular weight is 491 g/mol. The van der Waals surface area contributed by atoms with Gasteiger partial charge < -0.3 is 24.7 Å². The summed E-state index contributed by atoms with van der Waals surface area (Å²) in [6, 6.07) is 30.8. The van der Waals surface area contributed by atoms with E-state index in [1.807, 2.05) is 54.6 Å². The molecule has 0 aromatic heterocycles. The number of hydrogen-bond acceptors (Lipinski definition) is 7. The molecule has 0 spiro atoms. The van der Waals surface area contributed by atoms with E-state index >= 15 is 0 Å². The highest BCUT2D eigenvalue weighted by Gasteiger charge is 2.31. The van der Waals surface area contributed by atoms with Gasteiger partial charge in [0, 0.05) is 11.6 Å². The predicted octanol–water partition coefficient (Wildman–Crippen LogP) is 5.92. The van der Waals surface area contributed by atoms with Gasteiger partial charge in [0.25, 0.3) is 0 Å². The fourth-order valence-electron chi connectivity index (χ4n) is 4.14. The maximum absolute atomic E-state index is 12.7. The van der Waals surface area contributed by atoms with Gasteiger partial charge in [0.05, 0.1) is 18.6 Å². The van der Waals surface area contributed by atoms with Crippen LogP contribution < -0.4 is 24.7 Å². The molecule has 0 aliphatic carbocycles. The van der Waals surface area contributed by atoms with E-state index in [0.29, 0.717) is 34.1 Å². The number of fused-ring (bicyclic) bond motifs is 1. The Morgan fingerprint density at radius 1 is 0.865 bits per heavy atom. The van der Waals surface area contributed by atoms with Gasteiger partial charge in [-0.2, -0.15) is 5.26 Å². The summed E-state index contributed by atoms with van der Waals surface area (Å²) in [6.45, 7) is 0. The number of allylic oxidation sites excluding steroid dienone is 1. The summed E-state index contributed by atoms with van der Waals surface area (Å²) in [7, 11) is 1.53. The Morgan fingerprint density at radius 3 is 2.41 bits per heavy atom. The number of methoxy groups -OCH3 is 1. The van der Waals surface area contributed by atoms with Gasteiger partial charge in [-0.3, -0.25) is 0 Å². The summed E-state index contributed by atoms with van der Waals surface area (Å²) < 4.78 is 22.5. The van der Waals surface area contributed by atoms with Crippen LogP contribution in [-0.4, -0.2) is 13.1 Å². The third-order valence-electron chi connectivity index (χ3n) is 5.88. The lowest BCUT2D eigenvalue weighted by molar-refractivity contribution is 0.0734. The van der Waals surface area contributed by atoms with Crippen molar-refractivity contribution in [3.05, 3.63) is 125 Å². The minimum atomic E-state index is -0.543. The molecule has 182 valence electrons. The van der Waals surface area contributed by atoms with Crippen molar-refractivity contribution in [3.8, 4) is 34.8 Å². The number of carbonyl (C=O) groups is 1. The Morgan fingerprint density at radius 2 is 1.62 bits per heavy atom. The molecule has 1 aliphatic heterocycles. The van der Waals surface area contributed by atoms with Crippen LogP contribution in [0.3, 0.4) is 0 Å². The number of nitriles is 1. The standard InChI is InChI=1S/C30H22N2O5/c1-34-22-11-6-8-20(16-22)30(33)36-24-13-14-25-27(17-24)37-29(32)26(18-31)28(25)19-7-5-12-23(15-19)35-21-9-3-2-4-10-21/h2-17,28H,32H2,1H3. The molecule has 0 saturated heterocycles. The van der Waals surface area contributed by atoms with E-state index in [4.69, 9.17) is 24.7 Å². The van der Waals surface area contributed by atoms with E-state index in [1.54, 1.807) is 42.5 Å². The summed E-state index contributed by atoms with van der Waals surface area (Å²) >= 11 is 0. The van der Waals surface area contributed by atoms with E-state index in [2.05, 4.69) is 6.07 Å². The number of rotatable bonds is 6. The van der Waals surface area contributed by atoms with E-state index in [0.717, 1.165) is 5.56 Å². The molecule has 7 nitrogen and oxygen atoms in total. The van der Waals surface area contributed by atoms with Crippen LogP contribution in [0.5, 0.6) is 28.7 Å². The van der Waals surface area contributed by atoms with Gasteiger partial charge in [-0.15, -0.1) is 0 Å². The van der Waals surface area contributed by atoms with Crippen LogP contribution in [0.15, 0.2) is 109 Å². The Bertz CT molecular complexity index is 1540. The fourth-order valence-corrected chi connectivity index (χ4v) is 4.14. The van der Waals surface area contributed by atoms with Crippen LogP contribution in [0.4, 0.5) is 0 Å². The van der Waals surface area contributed by atoms with Crippen LogP contribution >= 0.6 is 0 Å². The predicted molar refractivity (Wildman–Crippen MR) is 137 cm³/mol. The van der Waals surface area contributed by atoms with Crippen molar-refractivity contribution >= 4 is 5.97 Å². The molecule has 1 heterocycles. The summed E-state index contributed by atoms with van der Waals surface area (Å²) in [5.74, 6) is 1.50. The van der Waals surface area contributed by atoms with Gasteiger partial charge >= 0.3 is 5.97 Å². The molecule has 0 fully saturated rings. The van der Waals surface area contributed by atoms with Crippen molar-refractivity contribution in [1.29, 1.82) is 5.26 Å². The SMILES string of the molecule is COc1cccc(C(=O)Oc2ccc3c(c2)OC(N)=C(C#N)C3c2cccc(Oc3ccccc3)c2)c1. The van der Waals surface area contributed by atoms with Gasteiger partial charge in [0.1, 0.15) is 40.4 Å². The van der Waals surface area contributed by atoms with Crippen LogP contribution in [0.25, 0.3) is 0 Å². The lowest BCUT2D eigenvalue weighted by Crippen LogP contribution is -2.21. The summed E-state index contributed by atoms with van der Waals surface area (Å²) in [6.07, 6.45) is 0. The molecule has 0 bridgehead atoms. The van der Waals surface area contributed by atoms with E-state index < -0.39 is 11.9 Å². The molecule has 2 N–H and O–H groups in total. The molecule has 0 saturated carbocycles. The normalized spacial score (nSPS) is 14.1. The Balaban J connectivity index is 1.46. The van der Waals surface area contributed by atoms with Crippen LogP contribution in [0, 0.1) is 11.3 Å². The molecule has 5 rings (SSSR count). The monoisotopic (exact) mass is 490 g/mol. The largest absolute Gasteiger partial charge is 0.497 e. The molecule has 4 aromatic carbocycles. The first-order valence-corrected chi connectivity index (χ1v) is 11.5. The molecule has 0 amide bonds. The van der Waals surface area contributed by atoms with Gasteiger partial charge in [-0.05, 0) is 54.1 Å². The number of ether oxygens (including phenoxy) is 4. The van der Waals surface area contributed by atoms with Crippen molar-refractivity contribution in [2.24, 2.45) is 5.73 Å². The van der Waals surface area contributed by atoms with Crippen LogP contribution in [0.1, 0.15) is 27.4 Å². The average Bonchev–Trinajstić information content (AvgIpc) is 2.93. The van der Waals surface area contributed by atoms with Crippen LogP contribution in [-0.2, 0) is 0 Å². The summed E-state index contributed by atoms with van der Waals surface area (Å²) in [5, 5.41) is 9.89. The van der Waals surface area contributed by atoms with Crippen molar-refractivity contribution < 1.29 is 23.7 Å². The molecule has 0 radical (unpaired) electrons. The smallest absolute Gasteiger partial charge is 0.343 e. The van der Waals surface area contributed by atoms with Gasteiger partial charge in [0.2, 0.25) is 5.88 Å². The highest BCUT2D eigenvalue weighted by molar-refractivity contribution is 5.91. The number of esters is 1. The maximum Gasteiger partial charge on any atom is 0.343 e. The second-order valence-electron chi connectivity index (χ2n) is 8.23. The van der Waals surface area contributed by atoms with Crippen molar-refractivity contribution in [2.75, 3.05) is 7.11 Å². The summed E-state index contributed by atoms with van der Waals surface area (Å²) in [4.78, 5) is 12.7. The molecule has 1 unspecified atom stereocenters. The van der Waals surface area contributed by atoms with Gasteiger partial charge in [-0.25, -0.2) is 4.79 Å². The highest BCUT2D eigenvalue weighted by Crippen LogP contribution is 2.44. The molecule has 1 aliphatic rings. The number of nitrogens with zero attached hydrogens (tertiary/aromatic N) is 1. The van der Waals surface area contributed by atoms with Crippen LogP contribution in [0.2, 0.25) is 0 Å². The van der Waals surface area contributed by atoms with Gasteiger partial charge in [-0.1, -0.05) is 42.5 Å². The Hall–Kier alpha value is -5.22. The fraction of sp³-hybridized carbons (Fsp3) is 0.0667. The Kier molecular flexibility index (Phi) is 6.47. The van der Waals surface area contributed by atoms with Crippen molar-refractivity contribution in [3.63, 3.8) is 0 Å². The van der Waals surface area contributed by atoms with Gasteiger partial charge in [0.15, 0.2) is 0 Å². The Labute approximate surface area is 213 Å². The lowest BCUT2D eigenvalue weighted by Gasteiger charge is -2.27. The van der Waals surface area contributed by atoms with E-state index in [1.165, 1.54) is 7.11 Å². The second kappa shape index (κ2) is 10.2. The van der Waals surface area contributed by atoms with Crippen molar-refractivity contribution in [1.82, 2.24) is 0 Å². The topological polar surface area (TPSA) is 104 Å². The first-order chi connectivity index (χ1) is 18.1. The molecule has 7 heteroatoms. The molecule has 1 atom stereocenters. The van der Waals surface area contributed by atoms with Crippen molar-refractivity contribution in [2.45, 2.75) is 5.92 Å². The summed E-state index contributed by atoms with van der Waals surface area (Å²) in [5.41, 5.74) is 8.29. The minimum absolute atomic E-state index is 0.00865. The quantitative estimate of drug-likeness (QED) is 0.264. The highest BCUT2D eigenvalue weighted by atomic mass is 16.5. The number of benzene rings is 4. The lowest BCUT2D eigenvalue weighted by atomic mass is 9.83. The minimum Gasteiger partial charge on any atom is -0.497 e. The van der Waals surface area contributed by atoms with E-state index in [9.17, 15) is 10.1 Å². The number of hydrogen-bond donors (Lipinski definition) is 1. The molecule has 37 heavy (non-hydrogen) atoms. The van der Waals surface area contributed by atoms with E-state index in [-0.39, 0.29) is 17.2 Å². The number of carbonyl (C=O) groups excluding carboxylic acids is 1. The third kappa shape index (κ3) is 4.95. The molecule has 4 aromatic rings. The zero-order valence-electron chi connectivity index (χ0n) is 19.9. The number of nitrogens with two attached hydrogens (primary N) is 1. The zero-order chi connectivity index (χ0) is 25.8. The number of para-hydroxylation sites is 1. The second-order valence-corrected chi connectivity index (χ2v) is 8.23. The molecular weight excluding hydrogens is 468 g/mol.